The van der Waals surface area contributed by atoms with Crippen molar-refractivity contribution in [3.8, 4) is 11.4 Å². The SMILES string of the molecule is CN1CCC(NC(=O)Nc2ccc(-c3nc(N4CCOCC4)cc(C(C)(C)S(C)(=O)=O)n3)cc2)CC1. The monoisotopic (exact) mass is 516 g/mol. The topological polar surface area (TPSA) is 117 Å². The van der Waals surface area contributed by atoms with Crippen LogP contribution in [0.25, 0.3) is 11.4 Å². The number of nitrogens with one attached hydrogen (secondary N) is 2. The second-order valence-electron chi connectivity index (χ2n) is 10.1. The second-order valence-corrected chi connectivity index (χ2v) is 12.6. The van der Waals surface area contributed by atoms with E-state index in [4.69, 9.17) is 9.72 Å². The minimum atomic E-state index is -3.43. The van der Waals surface area contributed by atoms with Gasteiger partial charge in [0.15, 0.2) is 15.7 Å². The number of hydrogen-bond donors (Lipinski definition) is 2. The maximum absolute atomic E-state index is 12.6. The maximum atomic E-state index is 12.6. The predicted molar refractivity (Wildman–Crippen MR) is 141 cm³/mol. The number of rotatable bonds is 6. The third-order valence-corrected chi connectivity index (χ3v) is 9.11. The molecule has 2 fully saturated rings. The molecule has 0 bridgehead atoms. The molecule has 11 heteroatoms. The number of morpholine rings is 1. The number of ether oxygens (including phenoxy) is 1. The first-order valence-electron chi connectivity index (χ1n) is 12.3. The number of piperidine rings is 1. The van der Waals surface area contributed by atoms with Gasteiger partial charge in [-0.25, -0.2) is 23.2 Å². The molecular formula is C25H36N6O4S. The molecule has 10 nitrogen and oxygen atoms in total. The summed E-state index contributed by atoms with van der Waals surface area (Å²) in [5.41, 5.74) is 1.83. The highest BCUT2D eigenvalue weighted by atomic mass is 32.2. The molecule has 196 valence electrons. The van der Waals surface area contributed by atoms with Crippen molar-refractivity contribution in [2.45, 2.75) is 37.5 Å². The molecule has 2 aromatic rings. The highest BCUT2D eigenvalue weighted by Gasteiger charge is 2.35. The summed E-state index contributed by atoms with van der Waals surface area (Å²) >= 11 is 0. The van der Waals surface area contributed by atoms with E-state index in [1.165, 1.54) is 6.26 Å². The average molecular weight is 517 g/mol. The standard InChI is InChI=1S/C25H36N6O4S/c1-25(2,36(4,33)34)21-17-22(31-13-15-35-16-14-31)29-23(28-21)18-5-7-19(8-6-18)26-24(32)27-20-9-11-30(3)12-10-20/h5-8,17,20H,9-16H2,1-4H3,(H2,26,27,32). The Labute approximate surface area is 213 Å². The molecule has 2 saturated heterocycles. The lowest BCUT2D eigenvalue weighted by atomic mass is 10.1. The van der Waals surface area contributed by atoms with Crippen LogP contribution in [0.15, 0.2) is 30.3 Å². The molecule has 2 amide bonds. The van der Waals surface area contributed by atoms with E-state index in [0.29, 0.717) is 49.3 Å². The molecule has 2 aliphatic heterocycles. The van der Waals surface area contributed by atoms with Crippen molar-refractivity contribution >= 4 is 27.4 Å². The Kier molecular flexibility index (Phi) is 7.82. The Hall–Kier alpha value is -2.76. The number of amides is 2. The van der Waals surface area contributed by atoms with Crippen molar-refractivity contribution in [3.63, 3.8) is 0 Å². The van der Waals surface area contributed by atoms with Gasteiger partial charge < -0.3 is 25.2 Å². The summed E-state index contributed by atoms with van der Waals surface area (Å²) in [5.74, 6) is 1.11. The van der Waals surface area contributed by atoms with Gasteiger partial charge in [-0.3, -0.25) is 0 Å². The Morgan fingerprint density at radius 3 is 2.31 bits per heavy atom. The van der Waals surface area contributed by atoms with Crippen LogP contribution in [-0.4, -0.2) is 88.1 Å². The van der Waals surface area contributed by atoms with Crippen LogP contribution < -0.4 is 15.5 Å². The third kappa shape index (κ3) is 6.13. The lowest BCUT2D eigenvalue weighted by molar-refractivity contribution is 0.122. The summed E-state index contributed by atoms with van der Waals surface area (Å²) in [4.78, 5) is 26.2. The van der Waals surface area contributed by atoms with E-state index in [1.807, 2.05) is 12.1 Å². The number of aromatic nitrogens is 2. The van der Waals surface area contributed by atoms with E-state index in [2.05, 4.69) is 32.5 Å². The van der Waals surface area contributed by atoms with E-state index in [-0.39, 0.29) is 12.1 Å². The number of hydrogen-bond acceptors (Lipinski definition) is 8. The van der Waals surface area contributed by atoms with Crippen molar-refractivity contribution in [2.75, 3.05) is 62.9 Å². The van der Waals surface area contributed by atoms with Gasteiger partial charge in [-0.2, -0.15) is 0 Å². The van der Waals surface area contributed by atoms with Crippen molar-refractivity contribution in [3.05, 3.63) is 36.0 Å². The minimum absolute atomic E-state index is 0.174. The van der Waals surface area contributed by atoms with Gasteiger partial charge in [-0.05, 0) is 71.1 Å². The van der Waals surface area contributed by atoms with Gasteiger partial charge in [0.05, 0.1) is 18.9 Å². The highest BCUT2D eigenvalue weighted by molar-refractivity contribution is 7.91. The number of sulfone groups is 1. The zero-order valence-electron chi connectivity index (χ0n) is 21.5. The van der Waals surface area contributed by atoms with Crippen LogP contribution in [0.4, 0.5) is 16.3 Å². The van der Waals surface area contributed by atoms with E-state index in [9.17, 15) is 13.2 Å². The molecule has 0 radical (unpaired) electrons. The Morgan fingerprint density at radius 2 is 1.69 bits per heavy atom. The van der Waals surface area contributed by atoms with Gasteiger partial charge in [-0.15, -0.1) is 0 Å². The molecule has 3 heterocycles. The van der Waals surface area contributed by atoms with E-state index >= 15 is 0 Å². The summed E-state index contributed by atoms with van der Waals surface area (Å²) in [7, 11) is -1.34. The Morgan fingerprint density at radius 1 is 1.06 bits per heavy atom. The zero-order chi connectivity index (χ0) is 25.9. The summed E-state index contributed by atoms with van der Waals surface area (Å²) in [6, 6.07) is 8.99. The van der Waals surface area contributed by atoms with Crippen LogP contribution >= 0.6 is 0 Å². The number of likely N-dealkylation sites (tertiary alicyclic amines) is 1. The van der Waals surface area contributed by atoms with Crippen LogP contribution in [0.3, 0.4) is 0 Å². The lowest BCUT2D eigenvalue weighted by Crippen LogP contribution is -2.44. The molecule has 0 aliphatic carbocycles. The van der Waals surface area contributed by atoms with E-state index in [1.54, 1.807) is 32.0 Å². The molecule has 36 heavy (non-hydrogen) atoms. The first-order chi connectivity index (χ1) is 17.0. The van der Waals surface area contributed by atoms with Crippen LogP contribution in [0.5, 0.6) is 0 Å². The summed E-state index contributed by atoms with van der Waals surface area (Å²) in [5, 5.41) is 5.93. The maximum Gasteiger partial charge on any atom is 0.319 e. The second kappa shape index (κ2) is 10.7. The van der Waals surface area contributed by atoms with Gasteiger partial charge in [0.1, 0.15) is 10.6 Å². The number of nitrogens with zero attached hydrogens (tertiary/aromatic N) is 4. The fourth-order valence-electron chi connectivity index (χ4n) is 4.22. The number of anilines is 2. The van der Waals surface area contributed by atoms with Crippen molar-refractivity contribution in [1.82, 2.24) is 20.2 Å². The Bertz CT molecular complexity index is 1170. The average Bonchev–Trinajstić information content (AvgIpc) is 2.85. The zero-order valence-corrected chi connectivity index (χ0v) is 22.3. The van der Waals surface area contributed by atoms with Gasteiger partial charge in [0, 0.05) is 42.7 Å². The van der Waals surface area contributed by atoms with E-state index in [0.717, 1.165) is 31.5 Å². The molecule has 0 saturated carbocycles. The van der Waals surface area contributed by atoms with Crippen molar-refractivity contribution in [2.24, 2.45) is 0 Å². The lowest BCUT2D eigenvalue weighted by Gasteiger charge is -2.30. The molecule has 1 aromatic heterocycles. The number of benzene rings is 1. The van der Waals surface area contributed by atoms with Crippen molar-refractivity contribution in [1.29, 1.82) is 0 Å². The molecule has 0 unspecified atom stereocenters. The van der Waals surface area contributed by atoms with Crippen LogP contribution in [-0.2, 0) is 19.3 Å². The first kappa shape index (κ1) is 26.3. The number of carbonyl (C=O) groups is 1. The molecule has 0 spiro atoms. The number of urea groups is 1. The van der Waals surface area contributed by atoms with Crippen molar-refractivity contribution < 1.29 is 17.9 Å². The quantitative estimate of drug-likeness (QED) is 0.602. The normalized spacial score (nSPS) is 18.2. The molecular weight excluding hydrogens is 480 g/mol. The highest BCUT2D eigenvalue weighted by Crippen LogP contribution is 2.32. The molecule has 2 aliphatic rings. The molecule has 4 rings (SSSR count). The van der Waals surface area contributed by atoms with Crippen LogP contribution in [0, 0.1) is 0 Å². The smallest absolute Gasteiger partial charge is 0.319 e. The summed E-state index contributed by atoms with van der Waals surface area (Å²) in [6.45, 7) is 7.78. The minimum Gasteiger partial charge on any atom is -0.378 e. The molecule has 1 aromatic carbocycles. The van der Waals surface area contributed by atoms with Gasteiger partial charge in [0.25, 0.3) is 0 Å². The Balaban J connectivity index is 1.55. The molecule has 0 atom stereocenters. The predicted octanol–water partition coefficient (Wildman–Crippen LogP) is 2.48. The summed E-state index contributed by atoms with van der Waals surface area (Å²) < 4.78 is 29.4. The number of carbonyl (C=O) groups excluding carboxylic acids is 1. The van der Waals surface area contributed by atoms with Crippen LogP contribution in [0.1, 0.15) is 32.4 Å². The fourth-order valence-corrected chi connectivity index (χ4v) is 4.71. The first-order valence-corrected chi connectivity index (χ1v) is 14.2. The summed E-state index contributed by atoms with van der Waals surface area (Å²) in [6.07, 6.45) is 3.10. The largest absolute Gasteiger partial charge is 0.378 e. The molecule has 2 N–H and O–H groups in total. The van der Waals surface area contributed by atoms with Crippen LogP contribution in [0.2, 0.25) is 0 Å². The van der Waals surface area contributed by atoms with E-state index < -0.39 is 14.6 Å². The van der Waals surface area contributed by atoms with Gasteiger partial charge in [-0.1, -0.05) is 0 Å². The fraction of sp³-hybridized carbons (Fsp3) is 0.560. The van der Waals surface area contributed by atoms with Gasteiger partial charge >= 0.3 is 6.03 Å². The van der Waals surface area contributed by atoms with Gasteiger partial charge in [0.2, 0.25) is 0 Å². The third-order valence-electron chi connectivity index (χ3n) is 7.05.